The van der Waals surface area contributed by atoms with Gasteiger partial charge in [0.05, 0.1) is 24.0 Å². The van der Waals surface area contributed by atoms with Crippen molar-refractivity contribution >= 4 is 29.6 Å². The lowest BCUT2D eigenvalue weighted by molar-refractivity contribution is -0.385. The third kappa shape index (κ3) is 5.02. The van der Waals surface area contributed by atoms with E-state index in [1.54, 1.807) is 24.5 Å². The van der Waals surface area contributed by atoms with Gasteiger partial charge in [0.15, 0.2) is 10.9 Å². The Morgan fingerprint density at radius 1 is 1.46 bits per heavy atom. The molecule has 0 aliphatic carbocycles. The van der Waals surface area contributed by atoms with Crippen LogP contribution in [0.5, 0.6) is 5.75 Å². The Bertz CT molecular complexity index is 754. The van der Waals surface area contributed by atoms with E-state index >= 15 is 0 Å². The van der Waals surface area contributed by atoms with Crippen molar-refractivity contribution in [1.29, 1.82) is 0 Å². The molecule has 0 radical (unpaired) electrons. The van der Waals surface area contributed by atoms with Crippen LogP contribution in [0.25, 0.3) is 0 Å². The number of nitrogens with zero attached hydrogens (tertiary/aromatic N) is 4. The summed E-state index contributed by atoms with van der Waals surface area (Å²) in [5.41, 5.74) is 2.62. The average molecular weight is 347 g/mol. The van der Waals surface area contributed by atoms with Gasteiger partial charge in [-0.1, -0.05) is 11.8 Å². The monoisotopic (exact) mass is 347 g/mol. The summed E-state index contributed by atoms with van der Waals surface area (Å²) in [6, 6.07) is 6.04. The normalized spacial score (nSPS) is 10.5. The molecule has 24 heavy (non-hydrogen) atoms. The van der Waals surface area contributed by atoms with Gasteiger partial charge in [0.2, 0.25) is 0 Å². The fraction of sp³-hybridized carbons (Fsp3) is 0.143. The minimum absolute atomic E-state index is 0.101. The zero-order valence-electron chi connectivity index (χ0n) is 12.6. The Morgan fingerprint density at radius 3 is 2.88 bits per heavy atom. The van der Waals surface area contributed by atoms with Gasteiger partial charge in [0.25, 0.3) is 5.91 Å². The van der Waals surface area contributed by atoms with Crippen LogP contribution in [0, 0.1) is 10.1 Å². The summed E-state index contributed by atoms with van der Waals surface area (Å²) in [4.78, 5) is 30.0. The fourth-order valence-electron chi connectivity index (χ4n) is 1.63. The highest BCUT2D eigenvalue weighted by Crippen LogP contribution is 2.26. The summed E-state index contributed by atoms with van der Waals surface area (Å²) in [5, 5.41) is 15.2. The second-order valence-corrected chi connectivity index (χ2v) is 5.24. The van der Waals surface area contributed by atoms with Gasteiger partial charge in [-0.2, -0.15) is 5.10 Å². The van der Waals surface area contributed by atoms with Crippen LogP contribution in [0.2, 0.25) is 0 Å². The Labute approximate surface area is 141 Å². The van der Waals surface area contributed by atoms with Crippen molar-refractivity contribution in [2.45, 2.75) is 5.16 Å². The molecule has 0 atom stereocenters. The van der Waals surface area contributed by atoms with Crippen LogP contribution in [0.3, 0.4) is 0 Å². The Kier molecular flexibility index (Phi) is 6.20. The molecule has 0 aliphatic heterocycles. The highest BCUT2D eigenvalue weighted by Gasteiger charge is 2.14. The van der Waals surface area contributed by atoms with E-state index in [-0.39, 0.29) is 23.1 Å². The largest absolute Gasteiger partial charge is 0.490 e. The van der Waals surface area contributed by atoms with Gasteiger partial charge in [0.1, 0.15) is 0 Å². The summed E-state index contributed by atoms with van der Waals surface area (Å²) in [6.45, 7) is 0. The first-order valence-corrected chi connectivity index (χ1v) is 7.63. The Morgan fingerprint density at radius 2 is 2.21 bits per heavy atom. The smallest absolute Gasteiger partial charge is 0.311 e. The average Bonchev–Trinajstić information content (AvgIpc) is 2.60. The van der Waals surface area contributed by atoms with Crippen molar-refractivity contribution < 1.29 is 14.5 Å². The summed E-state index contributed by atoms with van der Waals surface area (Å²) < 4.78 is 4.91. The third-order valence-electron chi connectivity index (χ3n) is 2.68. The molecule has 1 aromatic carbocycles. The molecule has 0 aliphatic rings. The number of amides is 1. The number of ether oxygens (including phenoxy) is 1. The van der Waals surface area contributed by atoms with E-state index in [2.05, 4.69) is 20.5 Å². The molecule has 2 rings (SSSR count). The van der Waals surface area contributed by atoms with Crippen LogP contribution in [-0.2, 0) is 4.79 Å². The molecular weight excluding hydrogens is 334 g/mol. The van der Waals surface area contributed by atoms with Crippen molar-refractivity contribution in [3.8, 4) is 5.75 Å². The lowest BCUT2D eigenvalue weighted by Gasteiger charge is -2.02. The molecule has 1 heterocycles. The van der Waals surface area contributed by atoms with E-state index in [1.165, 1.54) is 37.2 Å². The number of methoxy groups -OCH3 is 1. The van der Waals surface area contributed by atoms with Gasteiger partial charge in [-0.3, -0.25) is 14.9 Å². The van der Waals surface area contributed by atoms with Crippen molar-refractivity contribution in [3.05, 3.63) is 52.3 Å². The number of thioether (sulfide) groups is 1. The lowest BCUT2D eigenvalue weighted by atomic mass is 10.2. The number of benzene rings is 1. The quantitative estimate of drug-likeness (QED) is 0.266. The van der Waals surface area contributed by atoms with Gasteiger partial charge in [0, 0.05) is 24.0 Å². The summed E-state index contributed by atoms with van der Waals surface area (Å²) >= 11 is 1.17. The highest BCUT2D eigenvalue weighted by molar-refractivity contribution is 7.99. The van der Waals surface area contributed by atoms with Gasteiger partial charge in [-0.05, 0) is 18.2 Å². The van der Waals surface area contributed by atoms with E-state index in [0.717, 1.165) is 0 Å². The van der Waals surface area contributed by atoms with Crippen molar-refractivity contribution in [2.75, 3.05) is 12.9 Å². The number of hydrogen-bond acceptors (Lipinski definition) is 8. The van der Waals surface area contributed by atoms with Crippen molar-refractivity contribution in [2.24, 2.45) is 5.10 Å². The molecule has 1 N–H and O–H groups in total. The van der Waals surface area contributed by atoms with E-state index < -0.39 is 4.92 Å². The van der Waals surface area contributed by atoms with Crippen LogP contribution >= 0.6 is 11.8 Å². The molecular formula is C14H13N5O4S. The number of rotatable bonds is 7. The molecule has 1 aromatic heterocycles. The first kappa shape index (κ1) is 17.3. The molecule has 0 unspecified atom stereocenters. The molecule has 0 fully saturated rings. The SMILES string of the molecule is COc1ccc(/C=N/NC(=O)CSc2ncccn2)cc1[N+](=O)[O-]. The Hall–Kier alpha value is -3.01. The maximum Gasteiger partial charge on any atom is 0.311 e. The third-order valence-corrected chi connectivity index (χ3v) is 3.55. The summed E-state index contributed by atoms with van der Waals surface area (Å²) in [7, 11) is 1.35. The number of nitro groups is 1. The number of carbonyl (C=O) groups is 1. The molecule has 10 heteroatoms. The zero-order valence-corrected chi connectivity index (χ0v) is 13.4. The highest BCUT2D eigenvalue weighted by atomic mass is 32.2. The molecule has 0 bridgehead atoms. The minimum Gasteiger partial charge on any atom is -0.490 e. The van der Waals surface area contributed by atoms with Crippen molar-refractivity contribution in [1.82, 2.24) is 15.4 Å². The maximum atomic E-state index is 11.7. The van der Waals surface area contributed by atoms with Crippen LogP contribution in [0.15, 0.2) is 46.9 Å². The number of hydrazone groups is 1. The predicted molar refractivity (Wildman–Crippen MR) is 88.1 cm³/mol. The van der Waals surface area contributed by atoms with Crippen LogP contribution in [-0.4, -0.2) is 39.9 Å². The fourth-order valence-corrected chi connectivity index (χ4v) is 2.23. The minimum atomic E-state index is -0.550. The van der Waals surface area contributed by atoms with Gasteiger partial charge >= 0.3 is 5.69 Å². The molecule has 9 nitrogen and oxygen atoms in total. The number of aromatic nitrogens is 2. The number of nitro benzene ring substituents is 1. The van der Waals surface area contributed by atoms with Crippen LogP contribution < -0.4 is 10.2 Å². The van der Waals surface area contributed by atoms with E-state index in [9.17, 15) is 14.9 Å². The van der Waals surface area contributed by atoms with E-state index in [4.69, 9.17) is 4.74 Å². The molecule has 124 valence electrons. The van der Waals surface area contributed by atoms with Crippen LogP contribution in [0.1, 0.15) is 5.56 Å². The van der Waals surface area contributed by atoms with Gasteiger partial charge in [-0.15, -0.1) is 0 Å². The Balaban J connectivity index is 1.90. The maximum absolute atomic E-state index is 11.7. The van der Waals surface area contributed by atoms with Gasteiger partial charge in [-0.25, -0.2) is 15.4 Å². The second kappa shape index (κ2) is 8.58. The first-order chi connectivity index (χ1) is 11.6. The van der Waals surface area contributed by atoms with Crippen molar-refractivity contribution in [3.63, 3.8) is 0 Å². The second-order valence-electron chi connectivity index (χ2n) is 4.30. The van der Waals surface area contributed by atoms with E-state index in [0.29, 0.717) is 10.7 Å². The number of hydrogen-bond donors (Lipinski definition) is 1. The number of carbonyl (C=O) groups excluding carboxylic acids is 1. The first-order valence-electron chi connectivity index (χ1n) is 6.64. The summed E-state index contributed by atoms with van der Waals surface area (Å²) in [5.74, 6) is -0.0865. The standard InChI is InChI=1S/C14H13N5O4S/c1-23-12-4-3-10(7-11(12)19(21)22)8-17-18-13(20)9-24-14-15-5-2-6-16-14/h2-8H,9H2,1H3,(H,18,20)/b17-8+. The number of nitrogens with one attached hydrogen (secondary N) is 1. The lowest BCUT2D eigenvalue weighted by Crippen LogP contribution is -2.19. The zero-order chi connectivity index (χ0) is 17.4. The topological polar surface area (TPSA) is 120 Å². The summed E-state index contributed by atoms with van der Waals surface area (Å²) in [6.07, 6.45) is 4.48. The van der Waals surface area contributed by atoms with Crippen LogP contribution in [0.4, 0.5) is 5.69 Å². The van der Waals surface area contributed by atoms with E-state index in [1.807, 2.05) is 0 Å². The predicted octanol–water partition coefficient (Wildman–Crippen LogP) is 1.64. The molecule has 2 aromatic rings. The van der Waals surface area contributed by atoms with Gasteiger partial charge < -0.3 is 4.74 Å². The molecule has 0 spiro atoms. The molecule has 0 saturated carbocycles. The molecule has 1 amide bonds. The molecule has 0 saturated heterocycles.